The number of aromatic nitrogens is 1. The van der Waals surface area contributed by atoms with Gasteiger partial charge in [-0.1, -0.05) is 0 Å². The third-order valence-electron chi connectivity index (χ3n) is 2.03. The van der Waals surface area contributed by atoms with Crippen molar-refractivity contribution in [3.8, 4) is 5.75 Å². The summed E-state index contributed by atoms with van der Waals surface area (Å²) < 4.78 is 30.5. The lowest BCUT2D eigenvalue weighted by molar-refractivity contribution is -0.131. The van der Waals surface area contributed by atoms with Crippen molar-refractivity contribution < 1.29 is 27.9 Å². The van der Waals surface area contributed by atoms with Gasteiger partial charge in [0.15, 0.2) is 10.6 Å². The van der Waals surface area contributed by atoms with E-state index in [1.165, 1.54) is 24.5 Å². The molecule has 1 aromatic rings. The molecule has 2 rings (SSSR count). The second kappa shape index (κ2) is 4.61. The van der Waals surface area contributed by atoms with E-state index in [0.717, 1.165) is 0 Å². The second-order valence-corrected chi connectivity index (χ2v) is 4.92. The smallest absolute Gasteiger partial charge is 0.363 e. The van der Waals surface area contributed by atoms with Crippen LogP contribution >= 0.6 is 0 Å². The quantitative estimate of drug-likeness (QED) is 0.757. The maximum absolute atomic E-state index is 11.6. The Kier molecular flexibility index (Phi) is 3.13. The molecular formula is C10H6N2O6S. The first-order valence-electron chi connectivity index (χ1n) is 4.82. The Labute approximate surface area is 107 Å². The number of esters is 1. The van der Waals surface area contributed by atoms with Gasteiger partial charge < -0.3 is 9.84 Å². The molecule has 0 saturated heterocycles. The Morgan fingerprint density at radius 3 is 2.58 bits per heavy atom. The summed E-state index contributed by atoms with van der Waals surface area (Å²) in [5, 5.41) is 8.66. The highest BCUT2D eigenvalue weighted by atomic mass is 32.2. The van der Waals surface area contributed by atoms with Gasteiger partial charge in [-0.05, 0) is 12.1 Å². The van der Waals surface area contributed by atoms with Gasteiger partial charge in [0.1, 0.15) is 5.75 Å². The van der Waals surface area contributed by atoms with Gasteiger partial charge in [-0.2, -0.15) is 12.8 Å². The highest BCUT2D eigenvalue weighted by Gasteiger charge is 2.33. The van der Waals surface area contributed by atoms with Crippen LogP contribution in [-0.2, 0) is 19.6 Å². The van der Waals surface area contributed by atoms with Gasteiger partial charge in [0.2, 0.25) is 0 Å². The summed E-state index contributed by atoms with van der Waals surface area (Å²) >= 11 is 0. The van der Waals surface area contributed by atoms with E-state index in [2.05, 4.69) is 9.38 Å². The first-order valence-corrected chi connectivity index (χ1v) is 6.26. The van der Waals surface area contributed by atoms with Crippen molar-refractivity contribution in [1.29, 1.82) is 0 Å². The predicted octanol–water partition coefficient (Wildman–Crippen LogP) is -0.260. The fraction of sp³-hybridized carbons (Fsp3) is 0. The molecule has 0 spiro atoms. The summed E-state index contributed by atoms with van der Waals surface area (Å²) in [5.41, 5.74) is -0.596. The number of aliphatic carboxylic acids is 1. The fourth-order valence-electron chi connectivity index (χ4n) is 1.24. The zero-order valence-electron chi connectivity index (χ0n) is 9.18. The summed E-state index contributed by atoms with van der Waals surface area (Å²) in [6.45, 7) is 0. The number of carboxylic acids is 1. The summed E-state index contributed by atoms with van der Waals surface area (Å²) in [5.74, 6) is -2.68. The van der Waals surface area contributed by atoms with E-state index in [-0.39, 0.29) is 5.75 Å². The minimum Gasteiger partial charge on any atom is -0.477 e. The molecule has 98 valence electrons. The number of nitrogens with zero attached hydrogens (tertiary/aromatic N) is 2. The van der Waals surface area contributed by atoms with Crippen molar-refractivity contribution in [3.05, 3.63) is 35.5 Å². The van der Waals surface area contributed by atoms with Gasteiger partial charge >= 0.3 is 11.9 Å². The van der Waals surface area contributed by atoms with Gasteiger partial charge in [0.25, 0.3) is 10.0 Å². The monoisotopic (exact) mass is 282 g/mol. The van der Waals surface area contributed by atoms with E-state index in [1.807, 2.05) is 0 Å². The number of pyridine rings is 1. The SMILES string of the molecule is O=C(O)C1=CC(C(=O)Oc2cccnc2)=NS1(=O)=O. The summed E-state index contributed by atoms with van der Waals surface area (Å²) in [6.07, 6.45) is 3.34. The van der Waals surface area contributed by atoms with Crippen molar-refractivity contribution in [3.63, 3.8) is 0 Å². The molecule has 8 nitrogen and oxygen atoms in total. The van der Waals surface area contributed by atoms with Gasteiger partial charge in [0, 0.05) is 12.3 Å². The molecule has 19 heavy (non-hydrogen) atoms. The fourth-order valence-corrected chi connectivity index (χ4v) is 2.20. The number of carbonyl (C=O) groups excluding carboxylic acids is 1. The Hall–Kier alpha value is -2.55. The van der Waals surface area contributed by atoms with Crippen LogP contribution in [0.1, 0.15) is 0 Å². The van der Waals surface area contributed by atoms with Crippen molar-refractivity contribution in [1.82, 2.24) is 4.98 Å². The maximum Gasteiger partial charge on any atom is 0.363 e. The number of carbonyl (C=O) groups is 2. The molecule has 0 bridgehead atoms. The van der Waals surface area contributed by atoms with Crippen LogP contribution in [0, 0.1) is 0 Å². The molecule has 0 unspecified atom stereocenters. The molecule has 0 saturated carbocycles. The topological polar surface area (TPSA) is 123 Å². The lowest BCUT2D eigenvalue weighted by Gasteiger charge is -2.00. The van der Waals surface area contributed by atoms with Crippen LogP contribution in [0.25, 0.3) is 0 Å². The summed E-state index contributed by atoms with van der Waals surface area (Å²) in [7, 11) is -4.34. The van der Waals surface area contributed by atoms with E-state index in [0.29, 0.717) is 6.08 Å². The maximum atomic E-state index is 11.6. The molecule has 1 aromatic heterocycles. The number of sulfonamides is 1. The number of rotatable bonds is 3. The van der Waals surface area contributed by atoms with Gasteiger partial charge in [-0.25, -0.2) is 9.59 Å². The van der Waals surface area contributed by atoms with Crippen LogP contribution in [-0.4, -0.2) is 36.2 Å². The van der Waals surface area contributed by atoms with Gasteiger partial charge in [0.05, 0.1) is 6.20 Å². The van der Waals surface area contributed by atoms with Crippen LogP contribution in [0.15, 0.2) is 39.9 Å². The zero-order valence-corrected chi connectivity index (χ0v) is 9.99. The van der Waals surface area contributed by atoms with Gasteiger partial charge in [-0.15, -0.1) is 0 Å². The van der Waals surface area contributed by atoms with E-state index < -0.39 is 32.6 Å². The Morgan fingerprint density at radius 1 is 1.32 bits per heavy atom. The van der Waals surface area contributed by atoms with Crippen LogP contribution in [0.2, 0.25) is 0 Å². The first kappa shape index (κ1) is 12.9. The Morgan fingerprint density at radius 2 is 2.05 bits per heavy atom. The third kappa shape index (κ3) is 2.65. The lowest BCUT2D eigenvalue weighted by Crippen LogP contribution is -2.17. The van der Waals surface area contributed by atoms with Crippen molar-refractivity contribution in [2.75, 3.05) is 0 Å². The molecule has 0 aliphatic carbocycles. The number of hydrogen-bond donors (Lipinski definition) is 1. The number of hydrogen-bond acceptors (Lipinski definition) is 6. The van der Waals surface area contributed by atoms with E-state index in [9.17, 15) is 18.0 Å². The largest absolute Gasteiger partial charge is 0.477 e. The van der Waals surface area contributed by atoms with Crippen molar-refractivity contribution in [2.45, 2.75) is 0 Å². The minimum atomic E-state index is -4.34. The molecule has 0 fully saturated rings. The molecule has 0 atom stereocenters. The first-order chi connectivity index (χ1) is 8.90. The van der Waals surface area contributed by atoms with Crippen LogP contribution in [0.3, 0.4) is 0 Å². The molecule has 1 aliphatic rings. The molecule has 2 heterocycles. The summed E-state index contributed by atoms with van der Waals surface area (Å²) in [6, 6.07) is 2.94. The van der Waals surface area contributed by atoms with Crippen LogP contribution in [0.4, 0.5) is 0 Å². The van der Waals surface area contributed by atoms with Crippen LogP contribution < -0.4 is 4.74 Å². The highest BCUT2D eigenvalue weighted by molar-refractivity contribution is 7.95. The number of ether oxygens (including phenoxy) is 1. The molecule has 1 aliphatic heterocycles. The molecule has 1 N–H and O–H groups in total. The number of carboxylic acid groups (broad SMARTS) is 1. The average Bonchev–Trinajstić information content (AvgIpc) is 2.66. The summed E-state index contributed by atoms with van der Waals surface area (Å²) in [4.78, 5) is 25.0. The predicted molar refractivity (Wildman–Crippen MR) is 61.9 cm³/mol. The standard InChI is InChI=1S/C10H6N2O6S/c13-9(14)8-4-7(12-19(8,16)17)10(15)18-6-2-1-3-11-5-6/h1-5H,(H,13,14). The molecular weight excluding hydrogens is 276 g/mol. The Bertz CT molecular complexity index is 705. The van der Waals surface area contributed by atoms with E-state index >= 15 is 0 Å². The third-order valence-corrected chi connectivity index (χ3v) is 3.31. The normalized spacial score (nSPS) is 16.4. The van der Waals surface area contributed by atoms with Crippen molar-refractivity contribution >= 4 is 27.7 Å². The minimum absolute atomic E-state index is 0.0878. The lowest BCUT2D eigenvalue weighted by atomic mass is 10.3. The zero-order chi connectivity index (χ0) is 14.0. The Balaban J connectivity index is 2.25. The molecule has 0 radical (unpaired) electrons. The van der Waals surface area contributed by atoms with E-state index in [1.54, 1.807) is 0 Å². The average molecular weight is 282 g/mol. The molecule has 0 aromatic carbocycles. The van der Waals surface area contributed by atoms with Crippen molar-refractivity contribution in [2.24, 2.45) is 4.40 Å². The van der Waals surface area contributed by atoms with E-state index in [4.69, 9.17) is 9.84 Å². The molecule has 9 heteroatoms. The molecule has 0 amide bonds. The highest BCUT2D eigenvalue weighted by Crippen LogP contribution is 2.18. The second-order valence-electron chi connectivity index (χ2n) is 3.34. The van der Waals surface area contributed by atoms with Gasteiger partial charge in [-0.3, -0.25) is 4.98 Å². The van der Waals surface area contributed by atoms with Crippen LogP contribution in [0.5, 0.6) is 5.75 Å².